The minimum Gasteiger partial charge on any atom is -0.459 e. The number of esters is 2. The molecule has 0 heterocycles. The SMILES string of the molecule is CC1=C2CC(C(=O)OC(C)(C)C)(C(=O)OC(C)(C)C)CCC2CC1=O. The molecule has 0 radical (unpaired) electrons. The lowest BCUT2D eigenvalue weighted by molar-refractivity contribution is -0.187. The Morgan fingerprint density at radius 3 is 1.92 bits per heavy atom. The molecule has 1 fully saturated rings. The average Bonchev–Trinajstić information content (AvgIpc) is 2.69. The second-order valence-corrected chi connectivity index (χ2v) is 9.28. The van der Waals surface area contributed by atoms with Crippen molar-refractivity contribution in [2.24, 2.45) is 11.3 Å². The van der Waals surface area contributed by atoms with Crippen LogP contribution < -0.4 is 0 Å². The van der Waals surface area contributed by atoms with Crippen molar-refractivity contribution in [2.45, 2.75) is 85.4 Å². The van der Waals surface area contributed by atoms with Crippen LogP contribution in [-0.2, 0) is 23.9 Å². The summed E-state index contributed by atoms with van der Waals surface area (Å²) >= 11 is 0. The van der Waals surface area contributed by atoms with Crippen LogP contribution in [0.2, 0.25) is 0 Å². The number of allylic oxidation sites excluding steroid dienone is 2. The van der Waals surface area contributed by atoms with Crippen molar-refractivity contribution in [1.82, 2.24) is 0 Å². The molecule has 0 bridgehead atoms. The molecule has 5 heteroatoms. The number of ketones is 1. The molecule has 0 N–H and O–H groups in total. The van der Waals surface area contributed by atoms with Crippen LogP contribution in [0.3, 0.4) is 0 Å². The van der Waals surface area contributed by atoms with E-state index in [9.17, 15) is 14.4 Å². The number of rotatable bonds is 2. The van der Waals surface area contributed by atoms with E-state index >= 15 is 0 Å². The van der Waals surface area contributed by atoms with E-state index in [4.69, 9.17) is 9.47 Å². The highest BCUT2D eigenvalue weighted by atomic mass is 16.6. The fourth-order valence-electron chi connectivity index (χ4n) is 3.56. The van der Waals surface area contributed by atoms with E-state index in [0.717, 1.165) is 5.57 Å². The summed E-state index contributed by atoms with van der Waals surface area (Å²) in [6.07, 6.45) is 1.68. The predicted octanol–water partition coefficient (Wildman–Crippen LogP) is 3.75. The van der Waals surface area contributed by atoms with Crippen molar-refractivity contribution < 1.29 is 23.9 Å². The molecular weight excluding hydrogens is 320 g/mol. The number of fused-ring (bicyclic) bond motifs is 1. The standard InChI is InChI=1S/C20H30O5/c1-12-14-11-20(16(22)24-18(2,3)4,17(23)25-19(5,6)7)9-8-13(14)10-15(12)21/h13H,8-11H2,1-7H3. The fraction of sp³-hybridized carbons (Fsp3) is 0.750. The first-order valence-corrected chi connectivity index (χ1v) is 8.95. The first-order valence-electron chi connectivity index (χ1n) is 8.95. The van der Waals surface area contributed by atoms with Crippen molar-refractivity contribution in [1.29, 1.82) is 0 Å². The van der Waals surface area contributed by atoms with Crippen molar-refractivity contribution in [2.75, 3.05) is 0 Å². The van der Waals surface area contributed by atoms with Gasteiger partial charge in [-0.2, -0.15) is 0 Å². The third-order valence-electron chi connectivity index (χ3n) is 4.82. The van der Waals surface area contributed by atoms with Gasteiger partial charge < -0.3 is 9.47 Å². The van der Waals surface area contributed by atoms with Gasteiger partial charge in [-0.3, -0.25) is 14.4 Å². The van der Waals surface area contributed by atoms with Gasteiger partial charge in [0.15, 0.2) is 11.2 Å². The monoisotopic (exact) mass is 350 g/mol. The van der Waals surface area contributed by atoms with Crippen LogP contribution in [0.15, 0.2) is 11.1 Å². The average molecular weight is 350 g/mol. The summed E-state index contributed by atoms with van der Waals surface area (Å²) in [7, 11) is 0. The van der Waals surface area contributed by atoms with E-state index in [1.807, 2.05) is 0 Å². The minimum atomic E-state index is -1.36. The molecule has 0 amide bonds. The zero-order valence-corrected chi connectivity index (χ0v) is 16.4. The molecule has 0 spiro atoms. The van der Waals surface area contributed by atoms with Crippen molar-refractivity contribution >= 4 is 17.7 Å². The van der Waals surface area contributed by atoms with Crippen LogP contribution in [0.25, 0.3) is 0 Å². The maximum Gasteiger partial charge on any atom is 0.324 e. The summed E-state index contributed by atoms with van der Waals surface area (Å²) in [5, 5.41) is 0. The number of hydrogen-bond acceptors (Lipinski definition) is 5. The van der Waals surface area contributed by atoms with Crippen molar-refractivity contribution in [3.05, 3.63) is 11.1 Å². The Balaban J connectivity index is 2.42. The summed E-state index contributed by atoms with van der Waals surface area (Å²) in [5.41, 5.74) is -1.14. The van der Waals surface area contributed by atoms with E-state index < -0.39 is 28.6 Å². The summed E-state index contributed by atoms with van der Waals surface area (Å²) in [6.45, 7) is 12.5. The highest BCUT2D eigenvalue weighted by Gasteiger charge is 2.55. The van der Waals surface area contributed by atoms with Crippen LogP contribution in [0.1, 0.15) is 74.1 Å². The second-order valence-electron chi connectivity index (χ2n) is 9.28. The van der Waals surface area contributed by atoms with E-state index in [0.29, 0.717) is 24.8 Å². The smallest absolute Gasteiger partial charge is 0.324 e. The van der Waals surface area contributed by atoms with Crippen LogP contribution in [0.5, 0.6) is 0 Å². The molecule has 2 aliphatic rings. The van der Waals surface area contributed by atoms with Crippen LogP contribution in [0, 0.1) is 11.3 Å². The second kappa shape index (κ2) is 6.26. The molecule has 2 aliphatic carbocycles. The van der Waals surface area contributed by atoms with Gasteiger partial charge in [0.2, 0.25) is 0 Å². The van der Waals surface area contributed by atoms with Crippen LogP contribution in [0.4, 0.5) is 0 Å². The van der Waals surface area contributed by atoms with Gasteiger partial charge in [-0.15, -0.1) is 0 Å². The number of hydrogen-bond donors (Lipinski definition) is 0. The molecular formula is C20H30O5. The highest BCUT2D eigenvalue weighted by molar-refractivity contribution is 6.03. The first-order chi connectivity index (χ1) is 11.3. The molecule has 2 rings (SSSR count). The molecule has 0 aromatic carbocycles. The quantitative estimate of drug-likeness (QED) is 0.560. The molecule has 1 saturated carbocycles. The Hall–Kier alpha value is -1.65. The lowest BCUT2D eigenvalue weighted by Gasteiger charge is -2.39. The largest absolute Gasteiger partial charge is 0.459 e. The summed E-state index contributed by atoms with van der Waals surface area (Å²) in [5.74, 6) is -0.839. The lowest BCUT2D eigenvalue weighted by atomic mass is 9.68. The summed E-state index contributed by atoms with van der Waals surface area (Å²) in [6, 6.07) is 0. The molecule has 0 aliphatic heterocycles. The van der Waals surface area contributed by atoms with Crippen LogP contribution in [-0.4, -0.2) is 28.9 Å². The molecule has 0 saturated heterocycles. The summed E-state index contributed by atoms with van der Waals surface area (Å²) < 4.78 is 11.2. The van der Waals surface area contributed by atoms with Gasteiger partial charge in [0.05, 0.1) is 0 Å². The fourth-order valence-corrected chi connectivity index (χ4v) is 3.56. The molecule has 1 atom stereocenters. The van der Waals surface area contributed by atoms with E-state index in [1.165, 1.54) is 0 Å². The van der Waals surface area contributed by atoms with Gasteiger partial charge in [-0.25, -0.2) is 0 Å². The Bertz CT molecular complexity index is 599. The van der Waals surface area contributed by atoms with Crippen molar-refractivity contribution in [3.63, 3.8) is 0 Å². The number of carbonyl (C=O) groups excluding carboxylic acids is 3. The number of carbonyl (C=O) groups is 3. The Morgan fingerprint density at radius 1 is 1.00 bits per heavy atom. The Morgan fingerprint density at radius 2 is 1.48 bits per heavy atom. The van der Waals surface area contributed by atoms with Crippen LogP contribution >= 0.6 is 0 Å². The molecule has 0 aromatic heterocycles. The molecule has 0 aromatic rings. The highest BCUT2D eigenvalue weighted by Crippen LogP contribution is 2.50. The van der Waals surface area contributed by atoms with E-state index in [-0.39, 0.29) is 18.1 Å². The van der Waals surface area contributed by atoms with Gasteiger partial charge in [-0.05, 0) is 79.2 Å². The maximum absolute atomic E-state index is 13.0. The molecule has 1 unspecified atom stereocenters. The van der Waals surface area contributed by atoms with Gasteiger partial charge >= 0.3 is 11.9 Å². The zero-order valence-electron chi connectivity index (χ0n) is 16.4. The van der Waals surface area contributed by atoms with E-state index in [2.05, 4.69) is 0 Å². The maximum atomic E-state index is 13.0. The zero-order chi connectivity index (χ0) is 19.2. The number of ether oxygens (including phenoxy) is 2. The van der Waals surface area contributed by atoms with Gasteiger partial charge in [0.25, 0.3) is 0 Å². The normalized spacial score (nSPS) is 23.3. The lowest BCUT2D eigenvalue weighted by Crippen LogP contribution is -2.49. The topological polar surface area (TPSA) is 69.7 Å². The predicted molar refractivity (Wildman–Crippen MR) is 93.8 cm³/mol. The molecule has 5 nitrogen and oxygen atoms in total. The molecule has 140 valence electrons. The minimum absolute atomic E-state index is 0.115. The van der Waals surface area contributed by atoms with Gasteiger partial charge in [-0.1, -0.05) is 5.57 Å². The summed E-state index contributed by atoms with van der Waals surface area (Å²) in [4.78, 5) is 38.1. The van der Waals surface area contributed by atoms with Crippen molar-refractivity contribution in [3.8, 4) is 0 Å². The van der Waals surface area contributed by atoms with E-state index in [1.54, 1.807) is 48.5 Å². The number of Topliss-reactive ketones (excluding diaryl/α,β-unsaturated/α-hetero) is 1. The Kier molecular flexibility index (Phi) is 4.92. The van der Waals surface area contributed by atoms with Gasteiger partial charge in [0, 0.05) is 6.42 Å². The van der Waals surface area contributed by atoms with Gasteiger partial charge in [0.1, 0.15) is 11.2 Å². The third kappa shape index (κ3) is 4.13. The first kappa shape index (κ1) is 19.7. The third-order valence-corrected chi connectivity index (χ3v) is 4.82. The Labute approximate surface area is 150 Å². The molecule has 25 heavy (non-hydrogen) atoms.